The zero-order valence-corrected chi connectivity index (χ0v) is 8.83. The van der Waals surface area contributed by atoms with Crippen molar-refractivity contribution in [1.82, 2.24) is 10.3 Å². The smallest absolute Gasteiger partial charge is 0.0937 e. The molecule has 0 saturated heterocycles. The van der Waals surface area contributed by atoms with Gasteiger partial charge in [-0.3, -0.25) is 0 Å². The number of aromatic nitrogens is 1. The van der Waals surface area contributed by atoms with Crippen LogP contribution in [0.25, 0.3) is 0 Å². The maximum atomic E-state index is 4.23. The van der Waals surface area contributed by atoms with Gasteiger partial charge in [-0.2, -0.15) is 0 Å². The molecule has 4 heteroatoms. The van der Waals surface area contributed by atoms with E-state index in [0.29, 0.717) is 0 Å². The summed E-state index contributed by atoms with van der Waals surface area (Å²) >= 11 is 5.10. The maximum absolute atomic E-state index is 4.23. The summed E-state index contributed by atoms with van der Waals surface area (Å²) in [5, 5.41) is 4.32. The minimum absolute atomic E-state index is 1.07. The minimum atomic E-state index is 1.07. The van der Waals surface area contributed by atoms with Gasteiger partial charge in [-0.25, -0.2) is 4.98 Å². The van der Waals surface area contributed by atoms with Crippen LogP contribution in [0.2, 0.25) is 0 Å². The molecule has 1 rings (SSSR count). The van der Waals surface area contributed by atoms with Crippen molar-refractivity contribution in [2.75, 3.05) is 13.6 Å². The van der Waals surface area contributed by atoms with E-state index in [0.717, 1.165) is 23.2 Å². The third kappa shape index (κ3) is 3.31. The number of aryl methyl sites for hydroxylation is 1. The van der Waals surface area contributed by atoms with Gasteiger partial charge in [0.05, 0.1) is 15.0 Å². The molecule has 1 heterocycles. The zero-order valence-electron chi connectivity index (χ0n) is 6.43. The molecule has 0 bridgehead atoms. The van der Waals surface area contributed by atoms with E-state index >= 15 is 0 Å². The minimum Gasteiger partial charge on any atom is -0.320 e. The molecule has 0 aliphatic heterocycles. The molecule has 0 aromatic carbocycles. The summed E-state index contributed by atoms with van der Waals surface area (Å²) in [5.74, 6) is 0. The molecule has 0 amide bonds. The fourth-order valence-electron chi connectivity index (χ4n) is 0.820. The second kappa shape index (κ2) is 4.85. The first-order valence-corrected chi connectivity index (χ1v) is 5.18. The first-order chi connectivity index (χ1) is 5.33. The van der Waals surface area contributed by atoms with Crippen molar-refractivity contribution in [2.24, 2.45) is 0 Å². The number of hydrogen-bond acceptors (Lipinski definition) is 3. The zero-order chi connectivity index (χ0) is 8.10. The van der Waals surface area contributed by atoms with Crippen LogP contribution in [0, 0.1) is 0 Å². The van der Waals surface area contributed by atoms with Crippen LogP contribution in [0.3, 0.4) is 0 Å². The summed E-state index contributed by atoms with van der Waals surface area (Å²) in [7, 11) is 1.97. The first-order valence-electron chi connectivity index (χ1n) is 3.57. The fraction of sp³-hybridized carbons (Fsp3) is 0.571. The Balaban J connectivity index is 2.27. The molecule has 2 nitrogen and oxygen atoms in total. The summed E-state index contributed by atoms with van der Waals surface area (Å²) in [6.07, 6.45) is 4.10. The van der Waals surface area contributed by atoms with Gasteiger partial charge >= 0.3 is 0 Å². The highest BCUT2D eigenvalue weighted by Gasteiger charge is 1.97. The average Bonchev–Trinajstić information content (AvgIpc) is 2.37. The predicted molar refractivity (Wildman–Crippen MR) is 52.1 cm³/mol. The Morgan fingerprint density at radius 1 is 1.73 bits per heavy atom. The number of nitrogens with one attached hydrogen (secondary N) is 1. The molecule has 0 saturated carbocycles. The van der Waals surface area contributed by atoms with Gasteiger partial charge in [0.2, 0.25) is 0 Å². The van der Waals surface area contributed by atoms with E-state index < -0.39 is 0 Å². The first kappa shape index (κ1) is 9.16. The van der Waals surface area contributed by atoms with Crippen LogP contribution in [0.1, 0.15) is 11.4 Å². The van der Waals surface area contributed by atoms with Crippen molar-refractivity contribution in [1.29, 1.82) is 0 Å². The third-order valence-corrected chi connectivity index (χ3v) is 2.88. The fourth-order valence-corrected chi connectivity index (χ4v) is 2.17. The molecule has 0 atom stereocenters. The van der Waals surface area contributed by atoms with E-state index in [4.69, 9.17) is 0 Å². The highest BCUT2D eigenvalue weighted by molar-refractivity contribution is 9.11. The lowest BCUT2D eigenvalue weighted by Crippen LogP contribution is -2.08. The van der Waals surface area contributed by atoms with Gasteiger partial charge in [0, 0.05) is 6.42 Å². The largest absolute Gasteiger partial charge is 0.320 e. The van der Waals surface area contributed by atoms with Crippen molar-refractivity contribution in [3.63, 3.8) is 0 Å². The van der Waals surface area contributed by atoms with E-state index in [-0.39, 0.29) is 0 Å². The van der Waals surface area contributed by atoms with Crippen LogP contribution in [-0.2, 0) is 6.42 Å². The molecular formula is C7H11BrN2S. The van der Waals surface area contributed by atoms with Gasteiger partial charge < -0.3 is 5.32 Å². The molecule has 1 aromatic heterocycles. The number of hydrogen-bond donors (Lipinski definition) is 1. The number of halogens is 1. The van der Waals surface area contributed by atoms with Gasteiger partial charge in [0.15, 0.2) is 0 Å². The lowest BCUT2D eigenvalue weighted by Gasteiger charge is -1.94. The van der Waals surface area contributed by atoms with Crippen molar-refractivity contribution >= 4 is 27.3 Å². The highest BCUT2D eigenvalue weighted by atomic mass is 79.9. The van der Waals surface area contributed by atoms with Crippen LogP contribution < -0.4 is 5.32 Å². The lowest BCUT2D eigenvalue weighted by molar-refractivity contribution is 0.722. The Hall–Kier alpha value is 0.0700. The summed E-state index contributed by atoms with van der Waals surface area (Å²) in [6, 6.07) is 0. The van der Waals surface area contributed by atoms with Crippen LogP contribution in [0.5, 0.6) is 0 Å². The van der Waals surface area contributed by atoms with Crippen molar-refractivity contribution in [3.8, 4) is 0 Å². The monoisotopic (exact) mass is 234 g/mol. The number of rotatable bonds is 4. The van der Waals surface area contributed by atoms with E-state index in [9.17, 15) is 0 Å². The van der Waals surface area contributed by atoms with E-state index in [1.807, 2.05) is 13.2 Å². The van der Waals surface area contributed by atoms with E-state index in [1.54, 1.807) is 11.3 Å². The molecule has 0 fully saturated rings. The summed E-state index contributed by atoms with van der Waals surface area (Å²) in [4.78, 5) is 4.23. The van der Waals surface area contributed by atoms with Gasteiger partial charge in [-0.05, 0) is 35.9 Å². The summed E-state index contributed by atoms with van der Waals surface area (Å²) in [5.41, 5.74) is 0. The van der Waals surface area contributed by atoms with Gasteiger partial charge in [0.1, 0.15) is 0 Å². The summed E-state index contributed by atoms with van der Waals surface area (Å²) < 4.78 is 1.12. The maximum Gasteiger partial charge on any atom is 0.0937 e. The third-order valence-electron chi connectivity index (χ3n) is 1.34. The molecule has 1 aromatic rings. The molecule has 0 spiro atoms. The predicted octanol–water partition coefficient (Wildman–Crippen LogP) is 2.06. The van der Waals surface area contributed by atoms with Crippen molar-refractivity contribution in [2.45, 2.75) is 12.8 Å². The standard InChI is InChI=1S/C7H11BrN2S/c1-9-4-2-3-7-10-5-6(8)11-7/h5,9H,2-4H2,1H3. The number of thiazole rings is 1. The normalized spacial score (nSPS) is 10.4. The second-order valence-corrected chi connectivity index (χ2v) is 4.76. The van der Waals surface area contributed by atoms with E-state index in [2.05, 4.69) is 26.2 Å². The molecule has 11 heavy (non-hydrogen) atoms. The summed E-state index contributed by atoms with van der Waals surface area (Å²) in [6.45, 7) is 1.07. The number of nitrogens with zero attached hydrogens (tertiary/aromatic N) is 1. The molecule has 1 N–H and O–H groups in total. The Labute approximate surface area is 79.2 Å². The van der Waals surface area contributed by atoms with Crippen LogP contribution in [0.4, 0.5) is 0 Å². The van der Waals surface area contributed by atoms with Gasteiger partial charge in [0.25, 0.3) is 0 Å². The Kier molecular flexibility index (Phi) is 4.04. The second-order valence-electron chi connectivity index (χ2n) is 2.27. The lowest BCUT2D eigenvalue weighted by atomic mass is 10.3. The molecule has 62 valence electrons. The van der Waals surface area contributed by atoms with Crippen LogP contribution in [-0.4, -0.2) is 18.6 Å². The van der Waals surface area contributed by atoms with Gasteiger partial charge in [-0.1, -0.05) is 0 Å². The quantitative estimate of drug-likeness (QED) is 0.808. The topological polar surface area (TPSA) is 24.9 Å². The molecule has 0 radical (unpaired) electrons. The SMILES string of the molecule is CNCCCc1ncc(Br)s1. The Morgan fingerprint density at radius 3 is 3.09 bits per heavy atom. The van der Waals surface area contributed by atoms with Crippen molar-refractivity contribution < 1.29 is 0 Å². The molecule has 0 aliphatic rings. The molecule has 0 unspecified atom stereocenters. The van der Waals surface area contributed by atoms with Crippen LogP contribution in [0.15, 0.2) is 9.98 Å². The van der Waals surface area contributed by atoms with Gasteiger partial charge in [-0.15, -0.1) is 11.3 Å². The van der Waals surface area contributed by atoms with Crippen LogP contribution >= 0.6 is 27.3 Å². The molecular weight excluding hydrogens is 224 g/mol. The average molecular weight is 235 g/mol. The Morgan fingerprint density at radius 2 is 2.55 bits per heavy atom. The Bertz CT molecular complexity index is 212. The van der Waals surface area contributed by atoms with Crippen molar-refractivity contribution in [3.05, 3.63) is 15.0 Å². The molecule has 0 aliphatic carbocycles. The highest BCUT2D eigenvalue weighted by Crippen LogP contribution is 2.19. The van der Waals surface area contributed by atoms with E-state index in [1.165, 1.54) is 5.01 Å².